The van der Waals surface area contributed by atoms with Crippen LogP contribution in [0.25, 0.3) is 22.8 Å². The normalized spacial score (nSPS) is 23.3. The van der Waals surface area contributed by atoms with Crippen molar-refractivity contribution in [2.75, 3.05) is 4.90 Å². The molecule has 2 fully saturated rings. The molecule has 1 N–H and O–H groups in total. The molecule has 2 heterocycles. The maximum atomic E-state index is 14.9. The molecule has 168 valence electrons. The molecule has 3 aromatic rings. The molecule has 5 rings (SSSR count). The summed E-state index contributed by atoms with van der Waals surface area (Å²) in [7, 11) is 1.68. The maximum absolute atomic E-state index is 14.9. The second kappa shape index (κ2) is 8.40. The molecular formula is C22H27FN8O. The van der Waals surface area contributed by atoms with E-state index in [0.29, 0.717) is 47.0 Å². The zero-order valence-corrected chi connectivity index (χ0v) is 18.3. The molecule has 2 aliphatic carbocycles. The van der Waals surface area contributed by atoms with Gasteiger partial charge < -0.3 is 10.0 Å². The first kappa shape index (κ1) is 20.7. The fraction of sp³-hybridized carbons (Fsp3) is 0.545. The molecule has 2 aliphatic rings. The summed E-state index contributed by atoms with van der Waals surface area (Å²) in [6, 6.07) is 5.18. The number of phenolic OH excluding ortho intramolecular Hbond substituents is 1. The highest BCUT2D eigenvalue weighted by Crippen LogP contribution is 2.40. The van der Waals surface area contributed by atoms with E-state index in [9.17, 15) is 9.50 Å². The first-order valence-electron chi connectivity index (χ1n) is 11.2. The predicted molar refractivity (Wildman–Crippen MR) is 117 cm³/mol. The number of nitrogens with zero attached hydrogens (tertiary/aromatic N) is 8. The summed E-state index contributed by atoms with van der Waals surface area (Å²) in [6.07, 6.45) is 6.36. The van der Waals surface area contributed by atoms with Gasteiger partial charge in [-0.25, -0.2) is 9.37 Å². The molecule has 3 atom stereocenters. The highest BCUT2D eigenvalue weighted by molar-refractivity contribution is 5.69. The van der Waals surface area contributed by atoms with Crippen molar-refractivity contribution in [2.45, 2.75) is 63.7 Å². The molecule has 0 bridgehead atoms. The number of anilines is 1. The largest absolute Gasteiger partial charge is 0.507 e. The Hall–Kier alpha value is -3.17. The standard InChI is InChI=1S/C22H27FN8O/c1-3-13-4-9-17(23)18(10-13)31(15-6-7-15)20-12-24-22(26-25-20)16-8-5-14(11-19(16)32)21-27-29-30(2)28-21/h5,8,11-13,15,17-18,32H,3-4,6-7,9-10H2,1-2H3/t13-,17+,18-/m1/s1. The van der Waals surface area contributed by atoms with Gasteiger partial charge in [0.15, 0.2) is 11.6 Å². The van der Waals surface area contributed by atoms with Gasteiger partial charge in [-0.15, -0.1) is 20.4 Å². The predicted octanol–water partition coefficient (Wildman–Crippen LogP) is 3.32. The van der Waals surface area contributed by atoms with Gasteiger partial charge >= 0.3 is 0 Å². The fourth-order valence-corrected chi connectivity index (χ4v) is 4.60. The maximum Gasteiger partial charge on any atom is 0.205 e. The van der Waals surface area contributed by atoms with Gasteiger partial charge in [-0.3, -0.25) is 0 Å². The van der Waals surface area contributed by atoms with Gasteiger partial charge in [0.05, 0.1) is 24.8 Å². The van der Waals surface area contributed by atoms with Gasteiger partial charge in [0.25, 0.3) is 0 Å². The molecule has 9 nitrogen and oxygen atoms in total. The second-order valence-corrected chi connectivity index (χ2v) is 8.78. The number of aromatic hydroxyl groups is 1. The Labute approximate surface area is 185 Å². The topological polar surface area (TPSA) is 106 Å². The van der Waals surface area contributed by atoms with Crippen molar-refractivity contribution in [2.24, 2.45) is 13.0 Å². The Kier molecular flexibility index (Phi) is 5.44. The van der Waals surface area contributed by atoms with E-state index in [4.69, 9.17) is 0 Å². The van der Waals surface area contributed by atoms with E-state index in [2.05, 4.69) is 42.4 Å². The molecule has 0 amide bonds. The van der Waals surface area contributed by atoms with E-state index in [1.165, 1.54) is 4.80 Å². The first-order chi connectivity index (χ1) is 15.5. The molecule has 0 saturated heterocycles. The number of tetrazole rings is 1. The number of aryl methyl sites for hydroxylation is 1. The summed E-state index contributed by atoms with van der Waals surface area (Å²) in [4.78, 5) is 7.93. The van der Waals surface area contributed by atoms with E-state index in [1.807, 2.05) is 0 Å². The lowest BCUT2D eigenvalue weighted by molar-refractivity contribution is 0.166. The van der Waals surface area contributed by atoms with Crippen LogP contribution in [0.3, 0.4) is 0 Å². The summed E-state index contributed by atoms with van der Waals surface area (Å²) < 4.78 is 14.9. The van der Waals surface area contributed by atoms with E-state index < -0.39 is 6.17 Å². The van der Waals surface area contributed by atoms with E-state index >= 15 is 0 Å². The number of aromatic nitrogens is 7. The fourth-order valence-electron chi connectivity index (χ4n) is 4.60. The van der Waals surface area contributed by atoms with Crippen molar-refractivity contribution >= 4 is 5.82 Å². The van der Waals surface area contributed by atoms with E-state index in [1.54, 1.807) is 31.4 Å². The van der Waals surface area contributed by atoms with Crippen LogP contribution < -0.4 is 4.90 Å². The van der Waals surface area contributed by atoms with Gasteiger partial charge in [-0.2, -0.15) is 4.80 Å². The monoisotopic (exact) mass is 438 g/mol. The minimum atomic E-state index is -0.855. The molecule has 0 aliphatic heterocycles. The quantitative estimate of drug-likeness (QED) is 0.625. The number of alkyl halides is 1. The number of halogens is 1. The molecule has 10 heteroatoms. The number of hydrogen-bond donors (Lipinski definition) is 1. The van der Waals surface area contributed by atoms with Crippen LogP contribution >= 0.6 is 0 Å². The Balaban J connectivity index is 1.39. The zero-order chi connectivity index (χ0) is 22.2. The molecule has 0 radical (unpaired) electrons. The zero-order valence-electron chi connectivity index (χ0n) is 18.3. The van der Waals surface area contributed by atoms with Crippen LogP contribution in [0.1, 0.15) is 45.4 Å². The average molecular weight is 439 g/mol. The molecule has 2 saturated carbocycles. The number of rotatable bonds is 6. The number of benzene rings is 1. The lowest BCUT2D eigenvalue weighted by atomic mass is 9.82. The summed E-state index contributed by atoms with van der Waals surface area (Å²) in [5, 5.41) is 31.1. The lowest BCUT2D eigenvalue weighted by Crippen LogP contribution is -2.47. The van der Waals surface area contributed by atoms with Crippen LogP contribution in [0.4, 0.5) is 10.2 Å². The Morgan fingerprint density at radius 3 is 2.59 bits per heavy atom. The summed E-state index contributed by atoms with van der Waals surface area (Å²) in [5.74, 6) is 1.90. The third-order valence-electron chi connectivity index (χ3n) is 6.54. The molecule has 0 spiro atoms. The number of hydrogen-bond acceptors (Lipinski definition) is 8. The summed E-state index contributed by atoms with van der Waals surface area (Å²) in [6.45, 7) is 2.18. The Morgan fingerprint density at radius 2 is 1.97 bits per heavy atom. The molecular weight excluding hydrogens is 411 g/mol. The van der Waals surface area contributed by atoms with Gasteiger partial charge in [-0.1, -0.05) is 19.4 Å². The lowest BCUT2D eigenvalue weighted by Gasteiger charge is -2.40. The van der Waals surface area contributed by atoms with Gasteiger partial charge in [0, 0.05) is 11.6 Å². The van der Waals surface area contributed by atoms with Crippen molar-refractivity contribution in [1.82, 2.24) is 35.4 Å². The minimum Gasteiger partial charge on any atom is -0.507 e. The van der Waals surface area contributed by atoms with Crippen molar-refractivity contribution in [1.29, 1.82) is 0 Å². The Morgan fingerprint density at radius 1 is 1.12 bits per heavy atom. The van der Waals surface area contributed by atoms with Crippen LogP contribution in [0.15, 0.2) is 24.4 Å². The van der Waals surface area contributed by atoms with Crippen molar-refractivity contribution < 1.29 is 9.50 Å². The second-order valence-electron chi connectivity index (χ2n) is 8.78. The number of phenols is 1. The summed E-state index contributed by atoms with van der Waals surface area (Å²) in [5.41, 5.74) is 1.10. The van der Waals surface area contributed by atoms with E-state index in [0.717, 1.165) is 32.1 Å². The van der Waals surface area contributed by atoms with Crippen LogP contribution in [-0.4, -0.2) is 58.8 Å². The minimum absolute atomic E-state index is 0.00504. The smallest absolute Gasteiger partial charge is 0.205 e. The van der Waals surface area contributed by atoms with Gasteiger partial charge in [-0.05, 0) is 55.4 Å². The van der Waals surface area contributed by atoms with Crippen LogP contribution in [0.2, 0.25) is 0 Å². The van der Waals surface area contributed by atoms with Crippen molar-refractivity contribution in [3.63, 3.8) is 0 Å². The first-order valence-corrected chi connectivity index (χ1v) is 11.2. The highest BCUT2D eigenvalue weighted by atomic mass is 19.1. The highest BCUT2D eigenvalue weighted by Gasteiger charge is 2.41. The average Bonchev–Trinajstić information content (AvgIpc) is 3.54. The third kappa shape index (κ3) is 4.01. The molecule has 1 aromatic carbocycles. The van der Waals surface area contributed by atoms with Gasteiger partial charge in [0.2, 0.25) is 5.82 Å². The van der Waals surface area contributed by atoms with Crippen LogP contribution in [0.5, 0.6) is 5.75 Å². The summed E-state index contributed by atoms with van der Waals surface area (Å²) >= 11 is 0. The van der Waals surface area contributed by atoms with Crippen molar-refractivity contribution in [3.05, 3.63) is 24.4 Å². The molecule has 2 aromatic heterocycles. The van der Waals surface area contributed by atoms with Crippen molar-refractivity contribution in [3.8, 4) is 28.5 Å². The third-order valence-corrected chi connectivity index (χ3v) is 6.54. The van der Waals surface area contributed by atoms with Gasteiger partial charge in [0.1, 0.15) is 11.9 Å². The van der Waals surface area contributed by atoms with E-state index in [-0.39, 0.29) is 11.8 Å². The SMILES string of the molecule is CC[C@@H]1CC[C@H](F)[C@H](N(c2cnc(-c3ccc(-c4nnn(C)n4)cc3O)nn2)C2CC2)C1. The molecule has 32 heavy (non-hydrogen) atoms. The van der Waals surface area contributed by atoms with Crippen LogP contribution in [0, 0.1) is 5.92 Å². The molecule has 0 unspecified atom stereocenters. The Bertz CT molecular complexity index is 1080. The van der Waals surface area contributed by atoms with Crippen LogP contribution in [-0.2, 0) is 7.05 Å².